The average molecular weight is 524 g/mol. The van der Waals surface area contributed by atoms with Gasteiger partial charge >= 0.3 is 5.97 Å². The summed E-state index contributed by atoms with van der Waals surface area (Å²) in [5.74, 6) is -3.10. The van der Waals surface area contributed by atoms with Crippen molar-refractivity contribution in [3.8, 4) is 16.9 Å². The number of alkyl halides is 2. The summed E-state index contributed by atoms with van der Waals surface area (Å²) in [5, 5.41) is 11.3. The lowest BCUT2D eigenvalue weighted by molar-refractivity contribution is -0.136. The van der Waals surface area contributed by atoms with E-state index in [-0.39, 0.29) is 30.5 Å². The molecule has 0 aromatic heterocycles. The highest BCUT2D eigenvalue weighted by Crippen LogP contribution is 2.36. The van der Waals surface area contributed by atoms with Gasteiger partial charge in [-0.15, -0.1) is 0 Å². The number of aryl methyl sites for hydroxylation is 2. The van der Waals surface area contributed by atoms with Crippen LogP contribution in [-0.4, -0.2) is 23.5 Å². The molecule has 5 nitrogen and oxygen atoms in total. The molecule has 0 heterocycles. The smallest absolute Gasteiger partial charge is 0.305 e. The third-order valence-electron chi connectivity index (χ3n) is 6.32. The monoisotopic (exact) mass is 523 g/mol. The molecule has 38 heavy (non-hydrogen) atoms. The highest BCUT2D eigenvalue weighted by molar-refractivity contribution is 5.94. The fourth-order valence-electron chi connectivity index (χ4n) is 4.46. The van der Waals surface area contributed by atoms with Crippen LogP contribution in [0.3, 0.4) is 0 Å². The van der Waals surface area contributed by atoms with E-state index in [0.29, 0.717) is 17.2 Å². The standard InChI is InChI=1S/C31H35F2NO4/c1-19(2)16-27(22-6-8-24(9-7-22)30(37)34-15-14-28(35)36)38-26-17-20(3)29(21(4)18-26)23-10-12-25(13-11-23)31(5,32)33/h6-13,17-19,27H,14-16H2,1-5H3,(H,34,37)(H,35,36). The highest BCUT2D eigenvalue weighted by atomic mass is 19.3. The van der Waals surface area contributed by atoms with Crippen LogP contribution in [0.2, 0.25) is 0 Å². The number of carboxylic acid groups (broad SMARTS) is 1. The van der Waals surface area contributed by atoms with Crippen molar-refractivity contribution in [2.75, 3.05) is 6.54 Å². The molecular weight excluding hydrogens is 488 g/mol. The molecule has 3 aromatic carbocycles. The van der Waals surface area contributed by atoms with E-state index in [9.17, 15) is 18.4 Å². The summed E-state index contributed by atoms with van der Waals surface area (Å²) in [7, 11) is 0. The molecule has 3 aromatic rings. The van der Waals surface area contributed by atoms with Gasteiger partial charge in [-0.1, -0.05) is 50.2 Å². The zero-order valence-corrected chi connectivity index (χ0v) is 22.5. The third kappa shape index (κ3) is 7.63. The maximum atomic E-state index is 13.6. The molecule has 1 amide bonds. The first-order valence-corrected chi connectivity index (χ1v) is 12.7. The first kappa shape index (κ1) is 28.8. The van der Waals surface area contributed by atoms with Gasteiger partial charge in [-0.25, -0.2) is 8.78 Å². The van der Waals surface area contributed by atoms with Crippen LogP contribution in [0.15, 0.2) is 60.7 Å². The molecule has 0 radical (unpaired) electrons. The molecule has 0 aliphatic rings. The minimum atomic E-state index is -2.88. The molecule has 0 spiro atoms. The summed E-state index contributed by atoms with van der Waals surface area (Å²) in [6, 6.07) is 17.4. The number of amides is 1. The normalized spacial score (nSPS) is 12.3. The fourth-order valence-corrected chi connectivity index (χ4v) is 4.46. The second kappa shape index (κ2) is 12.2. The molecule has 2 N–H and O–H groups in total. The second-order valence-corrected chi connectivity index (χ2v) is 10.2. The number of carbonyl (C=O) groups is 2. The van der Waals surface area contributed by atoms with Gasteiger partial charge in [0.25, 0.3) is 11.8 Å². The Balaban J connectivity index is 1.80. The highest BCUT2D eigenvalue weighted by Gasteiger charge is 2.24. The fraction of sp³-hybridized carbons (Fsp3) is 0.355. The molecule has 1 atom stereocenters. The van der Waals surface area contributed by atoms with Gasteiger partial charge in [0.05, 0.1) is 6.42 Å². The average Bonchev–Trinajstić information content (AvgIpc) is 2.82. The van der Waals surface area contributed by atoms with Crippen LogP contribution in [0.5, 0.6) is 5.75 Å². The SMILES string of the molecule is Cc1cc(OC(CC(C)C)c2ccc(C(=O)NCCC(=O)O)cc2)cc(C)c1-c1ccc(C(C)(F)F)cc1. The van der Waals surface area contributed by atoms with Gasteiger partial charge < -0.3 is 15.2 Å². The number of aliphatic carboxylic acids is 1. The van der Waals surface area contributed by atoms with Crippen molar-refractivity contribution in [1.82, 2.24) is 5.32 Å². The first-order valence-electron chi connectivity index (χ1n) is 12.7. The largest absolute Gasteiger partial charge is 0.486 e. The number of hydrogen-bond acceptors (Lipinski definition) is 3. The summed E-state index contributed by atoms with van der Waals surface area (Å²) in [5.41, 5.74) is 5.18. The van der Waals surface area contributed by atoms with Gasteiger partial charge in [0.15, 0.2) is 0 Å². The van der Waals surface area contributed by atoms with Gasteiger partial charge in [-0.05, 0) is 78.3 Å². The maximum Gasteiger partial charge on any atom is 0.305 e. The maximum absolute atomic E-state index is 13.6. The number of halogens is 2. The summed E-state index contributed by atoms with van der Waals surface area (Å²) in [6.07, 6.45) is 0.387. The molecule has 0 fully saturated rings. The Labute approximate surface area is 222 Å². The molecule has 202 valence electrons. The van der Waals surface area contributed by atoms with Gasteiger partial charge in [-0.3, -0.25) is 9.59 Å². The van der Waals surface area contributed by atoms with Gasteiger partial charge in [0.1, 0.15) is 11.9 Å². The minimum Gasteiger partial charge on any atom is -0.486 e. The summed E-state index contributed by atoms with van der Waals surface area (Å²) < 4.78 is 33.7. The molecule has 0 saturated heterocycles. The molecule has 0 aliphatic carbocycles. The van der Waals surface area contributed by atoms with Crippen molar-refractivity contribution in [1.29, 1.82) is 0 Å². The number of benzene rings is 3. The van der Waals surface area contributed by atoms with Crippen molar-refractivity contribution in [2.24, 2.45) is 5.92 Å². The van der Waals surface area contributed by atoms with Crippen molar-refractivity contribution in [3.63, 3.8) is 0 Å². The minimum absolute atomic E-state index is 0.0169. The Morgan fingerprint density at radius 3 is 2.05 bits per heavy atom. The van der Waals surface area contributed by atoms with Crippen LogP contribution in [0.1, 0.15) is 72.3 Å². The number of rotatable bonds is 11. The molecule has 1 unspecified atom stereocenters. The Morgan fingerprint density at radius 2 is 1.55 bits per heavy atom. The Hall–Kier alpha value is -3.74. The number of carboxylic acids is 1. The predicted molar refractivity (Wildman–Crippen MR) is 145 cm³/mol. The Bertz CT molecular complexity index is 1240. The van der Waals surface area contributed by atoms with Gasteiger partial charge in [0, 0.05) is 24.6 Å². The lowest BCUT2D eigenvalue weighted by Crippen LogP contribution is -2.26. The first-order chi connectivity index (χ1) is 17.8. The van der Waals surface area contributed by atoms with E-state index >= 15 is 0 Å². The summed E-state index contributed by atoms with van der Waals surface area (Å²) >= 11 is 0. The third-order valence-corrected chi connectivity index (χ3v) is 6.32. The number of nitrogens with one attached hydrogen (secondary N) is 1. The van der Waals surface area contributed by atoms with Crippen LogP contribution >= 0.6 is 0 Å². The van der Waals surface area contributed by atoms with Crippen LogP contribution in [-0.2, 0) is 10.7 Å². The Kier molecular flexibility index (Phi) is 9.26. The summed E-state index contributed by atoms with van der Waals surface area (Å²) in [6.45, 7) is 9.15. The van der Waals surface area contributed by atoms with Crippen molar-refractivity contribution < 1.29 is 28.2 Å². The van der Waals surface area contributed by atoms with Crippen LogP contribution in [0.25, 0.3) is 11.1 Å². The van der Waals surface area contributed by atoms with Crippen LogP contribution in [0, 0.1) is 19.8 Å². The molecule has 3 rings (SSSR count). The lowest BCUT2D eigenvalue weighted by atomic mass is 9.94. The number of carbonyl (C=O) groups excluding carboxylic acids is 1. The molecule has 0 saturated carbocycles. The van der Waals surface area contributed by atoms with Crippen molar-refractivity contribution in [3.05, 3.63) is 88.5 Å². The summed E-state index contributed by atoms with van der Waals surface area (Å²) in [4.78, 5) is 23.0. The van der Waals surface area contributed by atoms with Gasteiger partial charge in [-0.2, -0.15) is 0 Å². The van der Waals surface area contributed by atoms with E-state index in [1.165, 1.54) is 12.1 Å². The van der Waals surface area contributed by atoms with Crippen molar-refractivity contribution >= 4 is 11.9 Å². The molecule has 0 bridgehead atoms. The second-order valence-electron chi connectivity index (χ2n) is 10.2. The van der Waals surface area contributed by atoms with Crippen LogP contribution < -0.4 is 10.1 Å². The molecule has 0 aliphatic heterocycles. The van der Waals surface area contributed by atoms with E-state index in [4.69, 9.17) is 9.84 Å². The van der Waals surface area contributed by atoms with E-state index in [2.05, 4.69) is 19.2 Å². The number of ether oxygens (including phenoxy) is 1. The van der Waals surface area contributed by atoms with E-state index < -0.39 is 11.9 Å². The Morgan fingerprint density at radius 1 is 0.974 bits per heavy atom. The quantitative estimate of drug-likeness (QED) is 0.274. The molecular formula is C31H35F2NO4. The van der Waals surface area contributed by atoms with Crippen LogP contribution in [0.4, 0.5) is 8.78 Å². The lowest BCUT2D eigenvalue weighted by Gasteiger charge is -2.23. The van der Waals surface area contributed by atoms with Crippen molar-refractivity contribution in [2.45, 2.75) is 59.5 Å². The van der Waals surface area contributed by atoms with E-state index in [0.717, 1.165) is 41.2 Å². The number of hydrogen-bond donors (Lipinski definition) is 2. The van der Waals surface area contributed by atoms with Gasteiger partial charge in [0.2, 0.25) is 0 Å². The molecule has 7 heteroatoms. The zero-order valence-electron chi connectivity index (χ0n) is 22.5. The predicted octanol–water partition coefficient (Wildman–Crippen LogP) is 7.45. The van der Waals surface area contributed by atoms with E-state index in [1.807, 2.05) is 38.1 Å². The zero-order chi connectivity index (χ0) is 28.0. The van der Waals surface area contributed by atoms with E-state index in [1.54, 1.807) is 24.3 Å². The topological polar surface area (TPSA) is 75.6 Å².